The highest BCUT2D eigenvalue weighted by Crippen LogP contribution is 2.20. The largest absolute Gasteiger partial charge is 0.336 e. The van der Waals surface area contributed by atoms with Crippen LogP contribution in [-0.4, -0.2) is 35.7 Å². The average molecular weight is 339 g/mol. The molecule has 0 aromatic heterocycles. The molecule has 1 aromatic carbocycles. The number of halogens is 3. The number of carbonyl (C=O) groups is 1. The quantitative estimate of drug-likeness (QED) is 0.750. The van der Waals surface area contributed by atoms with Gasteiger partial charge in [-0.15, -0.1) is 23.2 Å². The summed E-state index contributed by atoms with van der Waals surface area (Å²) in [4.78, 5) is 13.9. The summed E-state index contributed by atoms with van der Waals surface area (Å²) in [6, 6.07) is 5.65. The molecule has 0 unspecified atom stereocenters. The van der Waals surface area contributed by atoms with Gasteiger partial charge in [0, 0.05) is 29.3 Å². The summed E-state index contributed by atoms with van der Waals surface area (Å²) in [5.41, 5.74) is 1.75. The minimum Gasteiger partial charge on any atom is -0.336 e. The molecule has 0 radical (unpaired) electrons. The van der Waals surface area contributed by atoms with Crippen LogP contribution in [0.3, 0.4) is 0 Å². The highest BCUT2D eigenvalue weighted by atomic mass is 79.9. The predicted molar refractivity (Wildman–Crippen MR) is 76.2 cm³/mol. The number of hydrogen-bond acceptors (Lipinski definition) is 1. The first-order valence-electron chi connectivity index (χ1n) is 5.27. The van der Waals surface area contributed by atoms with E-state index in [1.54, 1.807) is 4.90 Å². The van der Waals surface area contributed by atoms with Crippen molar-refractivity contribution < 1.29 is 4.79 Å². The fourth-order valence-corrected chi connectivity index (χ4v) is 2.55. The van der Waals surface area contributed by atoms with Crippen LogP contribution in [-0.2, 0) is 0 Å². The maximum absolute atomic E-state index is 12.2. The number of rotatable bonds is 5. The van der Waals surface area contributed by atoms with Gasteiger partial charge in [-0.2, -0.15) is 0 Å². The third-order valence-corrected chi connectivity index (χ3v) is 3.35. The lowest BCUT2D eigenvalue weighted by Crippen LogP contribution is -2.34. The van der Waals surface area contributed by atoms with Crippen molar-refractivity contribution in [2.45, 2.75) is 6.92 Å². The van der Waals surface area contributed by atoms with E-state index < -0.39 is 0 Å². The van der Waals surface area contributed by atoms with Crippen LogP contribution >= 0.6 is 39.1 Å². The molecule has 0 bridgehead atoms. The second-order valence-electron chi connectivity index (χ2n) is 3.65. The fourth-order valence-electron chi connectivity index (χ4n) is 1.48. The van der Waals surface area contributed by atoms with Crippen LogP contribution in [0, 0.1) is 6.92 Å². The second kappa shape index (κ2) is 7.24. The monoisotopic (exact) mass is 337 g/mol. The van der Waals surface area contributed by atoms with Gasteiger partial charge in [-0.05, 0) is 40.5 Å². The van der Waals surface area contributed by atoms with Gasteiger partial charge in [0.15, 0.2) is 0 Å². The van der Waals surface area contributed by atoms with Crippen LogP contribution in [0.5, 0.6) is 0 Å². The maximum atomic E-state index is 12.2. The van der Waals surface area contributed by atoms with E-state index in [0.717, 1.165) is 10.0 Å². The second-order valence-corrected chi connectivity index (χ2v) is 5.26. The number of amides is 1. The van der Waals surface area contributed by atoms with Crippen LogP contribution in [0.25, 0.3) is 0 Å². The SMILES string of the molecule is Cc1ccc(C(=O)N(CCCl)CCCl)c(Br)c1. The van der Waals surface area contributed by atoms with E-state index in [-0.39, 0.29) is 5.91 Å². The predicted octanol–water partition coefficient (Wildman–Crippen LogP) is 3.68. The molecule has 1 rings (SSSR count). The van der Waals surface area contributed by atoms with E-state index in [2.05, 4.69) is 15.9 Å². The standard InChI is InChI=1S/C12H14BrCl2NO/c1-9-2-3-10(11(13)8-9)12(17)16(6-4-14)7-5-15/h2-3,8H,4-7H2,1H3. The molecule has 1 amide bonds. The minimum atomic E-state index is -0.0434. The van der Waals surface area contributed by atoms with Crippen molar-refractivity contribution in [2.75, 3.05) is 24.8 Å². The molecule has 17 heavy (non-hydrogen) atoms. The Morgan fingerprint density at radius 1 is 1.29 bits per heavy atom. The van der Waals surface area contributed by atoms with Gasteiger partial charge in [-0.25, -0.2) is 0 Å². The smallest absolute Gasteiger partial charge is 0.255 e. The molecule has 1 aromatic rings. The summed E-state index contributed by atoms with van der Waals surface area (Å²) in [5.74, 6) is 0.774. The Balaban J connectivity index is 2.92. The van der Waals surface area contributed by atoms with Crippen molar-refractivity contribution in [3.63, 3.8) is 0 Å². The zero-order valence-electron chi connectivity index (χ0n) is 9.55. The fraction of sp³-hybridized carbons (Fsp3) is 0.417. The first-order valence-corrected chi connectivity index (χ1v) is 7.13. The van der Waals surface area contributed by atoms with E-state index in [0.29, 0.717) is 30.4 Å². The topological polar surface area (TPSA) is 20.3 Å². The highest BCUT2D eigenvalue weighted by molar-refractivity contribution is 9.10. The molecule has 0 N–H and O–H groups in total. The Kier molecular flexibility index (Phi) is 6.31. The van der Waals surface area contributed by atoms with Crippen molar-refractivity contribution >= 4 is 45.0 Å². The molecule has 0 aliphatic heterocycles. The average Bonchev–Trinajstić information content (AvgIpc) is 2.28. The Morgan fingerprint density at radius 3 is 2.35 bits per heavy atom. The van der Waals surface area contributed by atoms with Crippen LogP contribution in [0.1, 0.15) is 15.9 Å². The Bertz CT molecular complexity index is 392. The van der Waals surface area contributed by atoms with Crippen LogP contribution in [0.15, 0.2) is 22.7 Å². The normalized spacial score (nSPS) is 10.4. The third kappa shape index (κ3) is 4.16. The lowest BCUT2D eigenvalue weighted by Gasteiger charge is -2.21. The summed E-state index contributed by atoms with van der Waals surface area (Å²) in [6.07, 6.45) is 0. The van der Waals surface area contributed by atoms with E-state index in [1.165, 1.54) is 0 Å². The molecule has 5 heteroatoms. The number of aryl methyl sites for hydroxylation is 1. The number of alkyl halides is 2. The first kappa shape index (κ1) is 14.8. The Morgan fingerprint density at radius 2 is 1.88 bits per heavy atom. The number of hydrogen-bond donors (Lipinski definition) is 0. The molecule has 2 nitrogen and oxygen atoms in total. The van der Waals surface area contributed by atoms with Gasteiger partial charge in [0.25, 0.3) is 5.91 Å². The van der Waals surface area contributed by atoms with E-state index in [9.17, 15) is 4.79 Å². The molecule has 0 aliphatic carbocycles. The van der Waals surface area contributed by atoms with Crippen molar-refractivity contribution in [3.8, 4) is 0 Å². The first-order chi connectivity index (χ1) is 8.10. The molecule has 0 atom stereocenters. The zero-order chi connectivity index (χ0) is 12.8. The molecular weight excluding hydrogens is 325 g/mol. The molecule has 0 saturated carbocycles. The summed E-state index contributed by atoms with van der Waals surface area (Å²) in [6.45, 7) is 3.00. The van der Waals surface area contributed by atoms with Gasteiger partial charge < -0.3 is 4.90 Å². The summed E-state index contributed by atoms with van der Waals surface area (Å²) < 4.78 is 0.802. The van der Waals surface area contributed by atoms with Gasteiger partial charge in [-0.1, -0.05) is 6.07 Å². The van der Waals surface area contributed by atoms with E-state index in [1.807, 2.05) is 25.1 Å². The molecular formula is C12H14BrCl2NO. The van der Waals surface area contributed by atoms with Gasteiger partial charge in [-0.3, -0.25) is 4.79 Å². The van der Waals surface area contributed by atoms with Crippen molar-refractivity contribution in [3.05, 3.63) is 33.8 Å². The lowest BCUT2D eigenvalue weighted by atomic mass is 10.1. The summed E-state index contributed by atoms with van der Waals surface area (Å²) in [5, 5.41) is 0. The van der Waals surface area contributed by atoms with Crippen molar-refractivity contribution in [1.29, 1.82) is 0 Å². The molecule has 0 fully saturated rings. The van der Waals surface area contributed by atoms with Crippen molar-refractivity contribution in [2.24, 2.45) is 0 Å². The lowest BCUT2D eigenvalue weighted by molar-refractivity contribution is 0.0774. The molecule has 0 heterocycles. The zero-order valence-corrected chi connectivity index (χ0v) is 12.6. The molecule has 0 saturated heterocycles. The van der Waals surface area contributed by atoms with Gasteiger partial charge >= 0.3 is 0 Å². The maximum Gasteiger partial charge on any atom is 0.255 e. The van der Waals surface area contributed by atoms with Crippen LogP contribution in [0.2, 0.25) is 0 Å². The van der Waals surface area contributed by atoms with Crippen LogP contribution < -0.4 is 0 Å². The molecule has 0 aliphatic rings. The van der Waals surface area contributed by atoms with E-state index in [4.69, 9.17) is 23.2 Å². The van der Waals surface area contributed by atoms with Crippen molar-refractivity contribution in [1.82, 2.24) is 4.90 Å². The highest BCUT2D eigenvalue weighted by Gasteiger charge is 2.17. The Labute approximate surface area is 120 Å². The number of carbonyl (C=O) groups excluding carboxylic acids is 1. The Hall–Kier alpha value is -0.250. The van der Waals surface area contributed by atoms with Gasteiger partial charge in [0.05, 0.1) is 5.56 Å². The third-order valence-electron chi connectivity index (χ3n) is 2.35. The minimum absolute atomic E-state index is 0.0434. The molecule has 94 valence electrons. The molecule has 0 spiro atoms. The number of nitrogens with zero attached hydrogens (tertiary/aromatic N) is 1. The summed E-state index contributed by atoms with van der Waals surface area (Å²) in [7, 11) is 0. The number of benzene rings is 1. The van der Waals surface area contributed by atoms with Gasteiger partial charge in [0.2, 0.25) is 0 Å². The summed E-state index contributed by atoms with van der Waals surface area (Å²) >= 11 is 14.8. The van der Waals surface area contributed by atoms with E-state index >= 15 is 0 Å². The van der Waals surface area contributed by atoms with Crippen LogP contribution in [0.4, 0.5) is 0 Å². The van der Waals surface area contributed by atoms with Gasteiger partial charge in [0.1, 0.15) is 0 Å².